The van der Waals surface area contributed by atoms with Gasteiger partial charge in [-0.25, -0.2) is 0 Å². The van der Waals surface area contributed by atoms with Crippen molar-refractivity contribution in [1.82, 2.24) is 15.0 Å². The van der Waals surface area contributed by atoms with E-state index in [1.807, 2.05) is 0 Å². The van der Waals surface area contributed by atoms with Crippen molar-refractivity contribution in [3.8, 4) is 6.01 Å². The third-order valence-corrected chi connectivity index (χ3v) is 3.07. The summed E-state index contributed by atoms with van der Waals surface area (Å²) in [7, 11) is 1.80. The molecule has 1 fully saturated rings. The van der Waals surface area contributed by atoms with Crippen molar-refractivity contribution in [1.29, 1.82) is 0 Å². The van der Waals surface area contributed by atoms with E-state index in [2.05, 4.69) is 39.0 Å². The molecule has 1 aliphatic rings. The Bertz CT molecular complexity index is 398. The van der Waals surface area contributed by atoms with Crippen molar-refractivity contribution in [3.63, 3.8) is 0 Å². The largest absolute Gasteiger partial charge is 0.463 e. The van der Waals surface area contributed by atoms with Crippen LogP contribution in [0.3, 0.4) is 0 Å². The van der Waals surface area contributed by atoms with Crippen molar-refractivity contribution < 1.29 is 4.74 Å². The van der Waals surface area contributed by atoms with Gasteiger partial charge < -0.3 is 15.0 Å². The lowest BCUT2D eigenvalue weighted by molar-refractivity contribution is 0.292. The van der Waals surface area contributed by atoms with Gasteiger partial charge in [-0.2, -0.15) is 15.0 Å². The van der Waals surface area contributed by atoms with Gasteiger partial charge in [0.25, 0.3) is 0 Å². The molecule has 0 radical (unpaired) electrons. The van der Waals surface area contributed by atoms with E-state index < -0.39 is 0 Å². The zero-order chi connectivity index (χ0) is 13.0. The van der Waals surface area contributed by atoms with Crippen molar-refractivity contribution in [3.05, 3.63) is 0 Å². The molecule has 1 atom stereocenters. The first-order valence-electron chi connectivity index (χ1n) is 6.58. The van der Waals surface area contributed by atoms with E-state index in [1.54, 1.807) is 7.05 Å². The average molecular weight is 251 g/mol. The van der Waals surface area contributed by atoms with Crippen LogP contribution in [-0.4, -0.2) is 41.2 Å². The molecular formula is C12H21N5O. The number of nitrogens with one attached hydrogen (secondary N) is 1. The van der Waals surface area contributed by atoms with E-state index >= 15 is 0 Å². The summed E-state index contributed by atoms with van der Waals surface area (Å²) in [6.45, 7) is 5.88. The summed E-state index contributed by atoms with van der Waals surface area (Å²) in [5.74, 6) is 1.27. The Morgan fingerprint density at radius 1 is 1.39 bits per heavy atom. The number of ether oxygens (including phenoxy) is 1. The Kier molecular flexibility index (Phi) is 4.17. The molecule has 100 valence electrons. The lowest BCUT2D eigenvalue weighted by Gasteiger charge is -2.21. The van der Waals surface area contributed by atoms with Crippen LogP contribution in [0.5, 0.6) is 6.01 Å². The van der Waals surface area contributed by atoms with Crippen LogP contribution in [0.2, 0.25) is 0 Å². The molecule has 0 aromatic carbocycles. The van der Waals surface area contributed by atoms with Crippen molar-refractivity contribution in [2.45, 2.75) is 39.2 Å². The molecule has 0 saturated carbocycles. The number of hydrogen-bond acceptors (Lipinski definition) is 6. The minimum Gasteiger partial charge on any atom is -0.463 e. The minimum absolute atomic E-state index is 0.408. The Balaban J connectivity index is 2.22. The molecule has 1 saturated heterocycles. The number of nitrogens with zero attached hydrogens (tertiary/aromatic N) is 4. The van der Waals surface area contributed by atoms with Crippen LogP contribution >= 0.6 is 0 Å². The zero-order valence-electron chi connectivity index (χ0n) is 11.3. The molecule has 6 nitrogen and oxygen atoms in total. The first kappa shape index (κ1) is 12.9. The minimum atomic E-state index is 0.408. The van der Waals surface area contributed by atoms with Crippen LogP contribution in [0.25, 0.3) is 0 Å². The van der Waals surface area contributed by atoms with Crippen molar-refractivity contribution in [2.75, 3.05) is 30.4 Å². The smallest absolute Gasteiger partial charge is 0.323 e. The fourth-order valence-corrected chi connectivity index (χ4v) is 2.07. The molecule has 2 heterocycles. The third kappa shape index (κ3) is 2.80. The predicted molar refractivity (Wildman–Crippen MR) is 71.2 cm³/mol. The molecule has 0 spiro atoms. The second kappa shape index (κ2) is 5.84. The van der Waals surface area contributed by atoms with Crippen molar-refractivity contribution in [2.24, 2.45) is 0 Å². The molecule has 6 heteroatoms. The summed E-state index contributed by atoms with van der Waals surface area (Å²) in [5.41, 5.74) is 0. The highest BCUT2D eigenvalue weighted by atomic mass is 16.5. The normalized spacial score (nSPS) is 19.1. The fraction of sp³-hybridized carbons (Fsp3) is 0.750. The molecule has 1 N–H and O–H groups in total. The van der Waals surface area contributed by atoms with Gasteiger partial charge in [-0.05, 0) is 26.2 Å². The van der Waals surface area contributed by atoms with Crippen LogP contribution in [-0.2, 0) is 0 Å². The molecule has 1 aromatic rings. The number of hydrogen-bond donors (Lipinski definition) is 1. The first-order valence-corrected chi connectivity index (χ1v) is 6.58. The molecule has 0 amide bonds. The topological polar surface area (TPSA) is 63.2 Å². The predicted octanol–water partition coefficient (Wildman–Crippen LogP) is 1.69. The summed E-state index contributed by atoms with van der Waals surface area (Å²) in [6.07, 6.45) is 3.31. The Morgan fingerprint density at radius 3 is 2.83 bits per heavy atom. The van der Waals surface area contributed by atoms with Crippen LogP contribution < -0.4 is 15.0 Å². The van der Waals surface area contributed by atoms with Crippen LogP contribution in [0.15, 0.2) is 0 Å². The average Bonchev–Trinajstić information content (AvgIpc) is 2.82. The molecule has 1 unspecified atom stereocenters. The Morgan fingerprint density at radius 2 is 2.22 bits per heavy atom. The molecule has 0 bridgehead atoms. The van der Waals surface area contributed by atoms with Crippen LogP contribution in [0.1, 0.15) is 33.1 Å². The summed E-state index contributed by atoms with van der Waals surface area (Å²) in [4.78, 5) is 15.2. The summed E-state index contributed by atoms with van der Waals surface area (Å²) in [6, 6.07) is 0.890. The molecule has 1 aromatic heterocycles. The van der Waals surface area contributed by atoms with Gasteiger partial charge in [0.15, 0.2) is 0 Å². The van der Waals surface area contributed by atoms with Gasteiger partial charge in [-0.15, -0.1) is 0 Å². The SMILES string of the molecule is CCCOc1nc(NC)nc(N2CCCC2C)n1. The number of aromatic nitrogens is 3. The first-order chi connectivity index (χ1) is 8.74. The maximum atomic E-state index is 5.50. The van der Waals surface area contributed by atoms with Crippen molar-refractivity contribution >= 4 is 11.9 Å². The summed E-state index contributed by atoms with van der Waals surface area (Å²) >= 11 is 0. The summed E-state index contributed by atoms with van der Waals surface area (Å²) in [5, 5.41) is 2.95. The number of anilines is 2. The van der Waals surface area contributed by atoms with E-state index in [4.69, 9.17) is 4.74 Å². The monoisotopic (exact) mass is 251 g/mol. The molecule has 0 aliphatic carbocycles. The lowest BCUT2D eigenvalue weighted by Crippen LogP contribution is -2.28. The highest BCUT2D eigenvalue weighted by Gasteiger charge is 2.24. The second-order valence-electron chi connectivity index (χ2n) is 4.52. The van der Waals surface area contributed by atoms with Gasteiger partial charge in [0.1, 0.15) is 0 Å². The lowest BCUT2D eigenvalue weighted by atomic mass is 10.2. The van der Waals surface area contributed by atoms with Gasteiger partial charge in [0.2, 0.25) is 11.9 Å². The molecule has 1 aliphatic heterocycles. The van der Waals surface area contributed by atoms with Gasteiger partial charge >= 0.3 is 6.01 Å². The standard InChI is InChI=1S/C12H21N5O/c1-4-8-18-12-15-10(13-3)14-11(16-12)17-7-5-6-9(17)2/h9H,4-8H2,1-3H3,(H,13,14,15,16). The second-order valence-corrected chi connectivity index (χ2v) is 4.52. The third-order valence-electron chi connectivity index (χ3n) is 3.07. The molecule has 18 heavy (non-hydrogen) atoms. The Labute approximate surface area is 108 Å². The zero-order valence-corrected chi connectivity index (χ0v) is 11.3. The molecule has 2 rings (SSSR count). The Hall–Kier alpha value is -1.59. The maximum Gasteiger partial charge on any atom is 0.323 e. The van der Waals surface area contributed by atoms with Gasteiger partial charge in [0.05, 0.1) is 6.61 Å². The van der Waals surface area contributed by atoms with E-state index in [9.17, 15) is 0 Å². The highest BCUT2D eigenvalue weighted by Crippen LogP contribution is 2.23. The highest BCUT2D eigenvalue weighted by molar-refractivity contribution is 5.39. The van der Waals surface area contributed by atoms with E-state index in [1.165, 1.54) is 12.8 Å². The number of rotatable bonds is 5. The fourth-order valence-electron chi connectivity index (χ4n) is 2.07. The van der Waals surface area contributed by atoms with E-state index in [0.29, 0.717) is 30.6 Å². The van der Waals surface area contributed by atoms with E-state index in [-0.39, 0.29) is 0 Å². The van der Waals surface area contributed by atoms with Crippen LogP contribution in [0, 0.1) is 0 Å². The summed E-state index contributed by atoms with van der Waals surface area (Å²) < 4.78 is 5.50. The quantitative estimate of drug-likeness (QED) is 0.859. The van der Waals surface area contributed by atoms with Gasteiger partial charge in [-0.1, -0.05) is 6.92 Å². The maximum absolute atomic E-state index is 5.50. The van der Waals surface area contributed by atoms with Gasteiger partial charge in [-0.3, -0.25) is 0 Å². The van der Waals surface area contributed by atoms with E-state index in [0.717, 1.165) is 13.0 Å². The van der Waals surface area contributed by atoms with Crippen LogP contribution in [0.4, 0.5) is 11.9 Å². The molecular weight excluding hydrogens is 230 g/mol. The van der Waals surface area contributed by atoms with Gasteiger partial charge in [0, 0.05) is 19.6 Å².